The fraction of sp³-hybridized carbons (Fsp3) is 0.417. The number of halogens is 3. The van der Waals surface area contributed by atoms with Gasteiger partial charge >= 0.3 is 6.36 Å². The molecule has 0 unspecified atom stereocenters. The lowest BCUT2D eigenvalue weighted by Gasteiger charge is -2.10. The van der Waals surface area contributed by atoms with E-state index in [0.29, 0.717) is 18.7 Å². The van der Waals surface area contributed by atoms with Crippen molar-refractivity contribution >= 4 is 11.5 Å². The van der Waals surface area contributed by atoms with Crippen LogP contribution in [0.5, 0.6) is 5.75 Å². The highest BCUT2D eigenvalue weighted by atomic mass is 19.4. The summed E-state index contributed by atoms with van der Waals surface area (Å²) in [6, 6.07) is 5.49. The van der Waals surface area contributed by atoms with E-state index >= 15 is 0 Å². The Morgan fingerprint density at radius 3 is 2.45 bits per heavy atom. The summed E-state index contributed by atoms with van der Waals surface area (Å²) in [4.78, 5) is 0. The second-order valence-electron chi connectivity index (χ2n) is 4.05. The number of unbranched alkanes of at least 4 members (excludes halogenated alkanes) is 1. The van der Waals surface area contributed by atoms with Crippen molar-refractivity contribution in [2.24, 2.45) is 10.9 Å². The summed E-state index contributed by atoms with van der Waals surface area (Å²) in [5.74, 6) is -0.0753. The maximum atomic E-state index is 11.9. The number of rotatable bonds is 7. The monoisotopic (exact) mass is 291 g/mol. The van der Waals surface area contributed by atoms with Gasteiger partial charge in [-0.25, -0.2) is 0 Å². The van der Waals surface area contributed by atoms with Crippen LogP contribution in [-0.2, 0) is 0 Å². The Balaban J connectivity index is 2.28. The van der Waals surface area contributed by atoms with Gasteiger partial charge < -0.3 is 21.0 Å². The lowest BCUT2D eigenvalue weighted by molar-refractivity contribution is -0.274. The SMILES string of the molecule is NC(CCCCNc1ccc(OC(F)(F)F)cc1)=NO. The van der Waals surface area contributed by atoms with Gasteiger partial charge in [0.05, 0.1) is 0 Å². The number of hydrogen-bond donors (Lipinski definition) is 3. The number of nitrogens with one attached hydrogen (secondary N) is 1. The van der Waals surface area contributed by atoms with Crippen LogP contribution < -0.4 is 15.8 Å². The Kier molecular flexibility index (Phi) is 5.95. The summed E-state index contributed by atoms with van der Waals surface area (Å²) in [6.45, 7) is 0.637. The molecule has 1 aromatic carbocycles. The zero-order valence-electron chi connectivity index (χ0n) is 10.7. The number of oxime groups is 1. The summed E-state index contributed by atoms with van der Waals surface area (Å²) in [7, 11) is 0. The van der Waals surface area contributed by atoms with Gasteiger partial charge in [-0.05, 0) is 37.1 Å². The van der Waals surface area contributed by atoms with Crippen molar-refractivity contribution in [2.45, 2.75) is 25.6 Å². The van der Waals surface area contributed by atoms with Crippen molar-refractivity contribution in [1.82, 2.24) is 0 Å². The Morgan fingerprint density at radius 1 is 1.25 bits per heavy atom. The molecule has 0 saturated heterocycles. The number of nitrogens with zero attached hydrogens (tertiary/aromatic N) is 1. The minimum atomic E-state index is -4.68. The van der Waals surface area contributed by atoms with Gasteiger partial charge in [-0.3, -0.25) is 0 Å². The van der Waals surface area contributed by atoms with Crippen molar-refractivity contribution in [3.8, 4) is 5.75 Å². The summed E-state index contributed by atoms with van der Waals surface area (Å²) in [6.07, 6.45) is -2.64. The minimum Gasteiger partial charge on any atom is -0.409 e. The van der Waals surface area contributed by atoms with Gasteiger partial charge in [0, 0.05) is 18.7 Å². The molecule has 0 radical (unpaired) electrons. The number of amidine groups is 1. The highest BCUT2D eigenvalue weighted by Gasteiger charge is 2.30. The van der Waals surface area contributed by atoms with Crippen LogP contribution in [0.15, 0.2) is 29.4 Å². The van der Waals surface area contributed by atoms with Crippen LogP contribution >= 0.6 is 0 Å². The molecule has 5 nitrogen and oxygen atoms in total. The molecule has 0 aliphatic rings. The lowest BCUT2D eigenvalue weighted by atomic mass is 10.2. The molecule has 1 rings (SSSR count). The molecule has 0 fully saturated rings. The predicted octanol–water partition coefficient (Wildman–Crippen LogP) is 2.91. The molecule has 4 N–H and O–H groups in total. The Bertz CT molecular complexity index is 433. The molecule has 0 amide bonds. The van der Waals surface area contributed by atoms with E-state index in [4.69, 9.17) is 10.9 Å². The van der Waals surface area contributed by atoms with Crippen LogP contribution in [0.2, 0.25) is 0 Å². The van der Waals surface area contributed by atoms with Crippen LogP contribution in [0.25, 0.3) is 0 Å². The number of benzene rings is 1. The fourth-order valence-corrected chi connectivity index (χ4v) is 1.49. The van der Waals surface area contributed by atoms with Crippen molar-refractivity contribution in [1.29, 1.82) is 0 Å². The molecule has 0 heterocycles. The van der Waals surface area contributed by atoms with E-state index in [0.717, 1.165) is 12.8 Å². The molecule has 0 spiro atoms. The second kappa shape index (κ2) is 7.46. The number of hydrogen-bond acceptors (Lipinski definition) is 4. The van der Waals surface area contributed by atoms with Crippen LogP contribution in [-0.4, -0.2) is 23.9 Å². The molecule has 0 aromatic heterocycles. The fourth-order valence-electron chi connectivity index (χ4n) is 1.49. The zero-order valence-corrected chi connectivity index (χ0v) is 10.7. The third-order valence-electron chi connectivity index (χ3n) is 2.41. The molecule has 112 valence electrons. The Hall–Kier alpha value is -2.12. The molecular formula is C12H16F3N3O2. The average Bonchev–Trinajstić information content (AvgIpc) is 2.38. The van der Waals surface area contributed by atoms with Crippen LogP contribution in [0.4, 0.5) is 18.9 Å². The minimum absolute atomic E-state index is 0.179. The summed E-state index contributed by atoms with van der Waals surface area (Å²) < 4.78 is 39.6. The highest BCUT2D eigenvalue weighted by Crippen LogP contribution is 2.23. The van der Waals surface area contributed by atoms with E-state index in [2.05, 4.69) is 15.2 Å². The molecule has 0 saturated carbocycles. The van der Waals surface area contributed by atoms with Gasteiger partial charge in [0.25, 0.3) is 0 Å². The van der Waals surface area contributed by atoms with Gasteiger partial charge in [0.1, 0.15) is 11.6 Å². The largest absolute Gasteiger partial charge is 0.573 e. The molecule has 20 heavy (non-hydrogen) atoms. The third kappa shape index (κ3) is 6.72. The molecule has 0 aliphatic heterocycles. The maximum absolute atomic E-state index is 11.9. The standard InChI is InChI=1S/C12H16F3N3O2/c13-12(14,15)20-10-6-4-9(5-7-10)17-8-2-1-3-11(16)18-19/h4-7,17,19H,1-3,8H2,(H2,16,18). The maximum Gasteiger partial charge on any atom is 0.573 e. The molecular weight excluding hydrogens is 275 g/mol. The molecule has 0 aliphatic carbocycles. The normalized spacial score (nSPS) is 12.2. The van der Waals surface area contributed by atoms with E-state index in [1.807, 2.05) is 0 Å². The van der Waals surface area contributed by atoms with Gasteiger partial charge in [-0.1, -0.05) is 5.16 Å². The highest BCUT2D eigenvalue weighted by molar-refractivity contribution is 5.79. The number of anilines is 1. The predicted molar refractivity (Wildman–Crippen MR) is 68.9 cm³/mol. The first-order chi connectivity index (χ1) is 9.40. The van der Waals surface area contributed by atoms with Crippen LogP contribution in [0.3, 0.4) is 0 Å². The van der Waals surface area contributed by atoms with E-state index in [-0.39, 0.29) is 11.6 Å². The number of ether oxygens (including phenoxy) is 1. The average molecular weight is 291 g/mol. The summed E-state index contributed by atoms with van der Waals surface area (Å²) in [5.41, 5.74) is 6.00. The smallest absolute Gasteiger partial charge is 0.409 e. The first-order valence-electron chi connectivity index (χ1n) is 5.97. The van der Waals surface area contributed by atoms with Crippen LogP contribution in [0, 0.1) is 0 Å². The molecule has 1 aromatic rings. The van der Waals surface area contributed by atoms with Crippen LogP contribution in [0.1, 0.15) is 19.3 Å². The second-order valence-corrected chi connectivity index (χ2v) is 4.05. The third-order valence-corrected chi connectivity index (χ3v) is 2.41. The number of alkyl halides is 3. The van der Waals surface area contributed by atoms with Gasteiger partial charge in [0.15, 0.2) is 0 Å². The van der Waals surface area contributed by atoms with E-state index < -0.39 is 6.36 Å². The van der Waals surface area contributed by atoms with E-state index in [1.54, 1.807) is 0 Å². The molecule has 0 atom stereocenters. The van der Waals surface area contributed by atoms with Gasteiger partial charge in [-0.15, -0.1) is 13.2 Å². The Morgan fingerprint density at radius 2 is 1.90 bits per heavy atom. The van der Waals surface area contributed by atoms with Gasteiger partial charge in [-0.2, -0.15) is 0 Å². The lowest BCUT2D eigenvalue weighted by Crippen LogP contribution is -2.17. The molecule has 8 heteroatoms. The van der Waals surface area contributed by atoms with E-state index in [9.17, 15) is 13.2 Å². The first-order valence-corrected chi connectivity index (χ1v) is 5.97. The van der Waals surface area contributed by atoms with Crippen molar-refractivity contribution in [3.05, 3.63) is 24.3 Å². The topological polar surface area (TPSA) is 79.9 Å². The first kappa shape index (κ1) is 15.9. The van der Waals surface area contributed by atoms with Gasteiger partial charge in [0.2, 0.25) is 0 Å². The Labute approximate surface area is 114 Å². The summed E-state index contributed by atoms with van der Waals surface area (Å²) in [5, 5.41) is 14.2. The zero-order chi connectivity index (χ0) is 15.0. The molecule has 0 bridgehead atoms. The van der Waals surface area contributed by atoms with Crippen molar-refractivity contribution in [2.75, 3.05) is 11.9 Å². The van der Waals surface area contributed by atoms with E-state index in [1.165, 1.54) is 24.3 Å². The summed E-state index contributed by atoms with van der Waals surface area (Å²) >= 11 is 0. The van der Waals surface area contributed by atoms with Crippen molar-refractivity contribution < 1.29 is 23.1 Å². The number of nitrogens with two attached hydrogens (primary N) is 1. The quantitative estimate of drug-likeness (QED) is 0.237. The van der Waals surface area contributed by atoms with Crippen molar-refractivity contribution in [3.63, 3.8) is 0 Å².